The number of nitrogens with zero attached hydrogens (tertiary/aromatic N) is 2. The minimum absolute atomic E-state index is 0. The maximum Gasteiger partial charge on any atom is 0.409 e. The zero-order valence-corrected chi connectivity index (χ0v) is 13.2. The molecule has 1 heterocycles. The number of unbranched alkanes of at least 4 members (excludes halogenated alkanes) is 1. The van der Waals surface area contributed by atoms with E-state index in [0.29, 0.717) is 26.1 Å². The third-order valence-corrected chi connectivity index (χ3v) is 3.31. The van der Waals surface area contributed by atoms with Crippen molar-refractivity contribution < 1.29 is 14.3 Å². The summed E-state index contributed by atoms with van der Waals surface area (Å²) in [4.78, 5) is 26.7. The molecule has 0 aromatic carbocycles. The number of methoxy groups -OCH3 is 1. The smallest absolute Gasteiger partial charge is 0.409 e. The SMILES string of the molecule is CCCCC(=O)NCCN1CCN(C(=O)OC)CC1.Cl. The largest absolute Gasteiger partial charge is 0.453 e. The fraction of sp³-hybridized carbons (Fsp3) is 0.846. The molecule has 1 saturated heterocycles. The first-order valence-corrected chi connectivity index (χ1v) is 6.99. The summed E-state index contributed by atoms with van der Waals surface area (Å²) in [5.74, 6) is 0.134. The van der Waals surface area contributed by atoms with E-state index in [1.165, 1.54) is 7.11 Å². The summed E-state index contributed by atoms with van der Waals surface area (Å²) in [5.41, 5.74) is 0. The van der Waals surface area contributed by atoms with E-state index in [0.717, 1.165) is 32.5 Å². The van der Waals surface area contributed by atoms with E-state index in [-0.39, 0.29) is 24.4 Å². The highest BCUT2D eigenvalue weighted by Crippen LogP contribution is 2.02. The van der Waals surface area contributed by atoms with Crippen LogP contribution in [0, 0.1) is 0 Å². The van der Waals surface area contributed by atoms with Gasteiger partial charge < -0.3 is 15.0 Å². The number of nitrogens with one attached hydrogen (secondary N) is 1. The number of amides is 2. The van der Waals surface area contributed by atoms with Crippen molar-refractivity contribution >= 4 is 24.4 Å². The Morgan fingerprint density at radius 2 is 1.85 bits per heavy atom. The Bertz CT molecular complexity index is 295. The van der Waals surface area contributed by atoms with Crippen molar-refractivity contribution in [3.8, 4) is 0 Å². The molecule has 0 radical (unpaired) electrons. The van der Waals surface area contributed by atoms with Crippen molar-refractivity contribution in [2.24, 2.45) is 0 Å². The first-order chi connectivity index (χ1) is 9.17. The quantitative estimate of drug-likeness (QED) is 0.798. The van der Waals surface area contributed by atoms with Crippen LogP contribution in [0.3, 0.4) is 0 Å². The van der Waals surface area contributed by atoms with Crippen LogP contribution < -0.4 is 5.32 Å². The lowest BCUT2D eigenvalue weighted by Gasteiger charge is -2.33. The Balaban J connectivity index is 0.00000361. The van der Waals surface area contributed by atoms with E-state index in [1.807, 2.05) is 0 Å². The number of ether oxygens (including phenoxy) is 1. The highest BCUT2D eigenvalue weighted by molar-refractivity contribution is 5.85. The van der Waals surface area contributed by atoms with Gasteiger partial charge in [0.15, 0.2) is 0 Å². The molecule has 1 fully saturated rings. The lowest BCUT2D eigenvalue weighted by molar-refractivity contribution is -0.121. The van der Waals surface area contributed by atoms with Crippen LogP contribution in [-0.4, -0.2) is 68.2 Å². The predicted molar refractivity (Wildman–Crippen MR) is 80.2 cm³/mol. The lowest BCUT2D eigenvalue weighted by atomic mass is 10.2. The van der Waals surface area contributed by atoms with Gasteiger partial charge in [-0.05, 0) is 6.42 Å². The van der Waals surface area contributed by atoms with Crippen LogP contribution in [-0.2, 0) is 9.53 Å². The van der Waals surface area contributed by atoms with Crippen molar-refractivity contribution in [2.75, 3.05) is 46.4 Å². The van der Waals surface area contributed by atoms with Crippen LogP contribution in [0.4, 0.5) is 4.79 Å². The van der Waals surface area contributed by atoms with Gasteiger partial charge in [0, 0.05) is 45.7 Å². The molecule has 0 aliphatic carbocycles. The maximum absolute atomic E-state index is 11.4. The Morgan fingerprint density at radius 1 is 1.20 bits per heavy atom. The van der Waals surface area contributed by atoms with Crippen LogP contribution in [0.5, 0.6) is 0 Å². The van der Waals surface area contributed by atoms with Crippen LogP contribution in [0.2, 0.25) is 0 Å². The first-order valence-electron chi connectivity index (χ1n) is 6.99. The van der Waals surface area contributed by atoms with E-state index in [9.17, 15) is 9.59 Å². The Kier molecular flexibility index (Phi) is 10.2. The normalized spacial score (nSPS) is 15.4. The predicted octanol–water partition coefficient (Wildman–Crippen LogP) is 1.10. The van der Waals surface area contributed by atoms with Gasteiger partial charge in [-0.3, -0.25) is 9.69 Å². The fourth-order valence-electron chi connectivity index (χ4n) is 2.06. The molecule has 1 aliphatic heterocycles. The molecule has 0 bridgehead atoms. The van der Waals surface area contributed by atoms with E-state index < -0.39 is 0 Å². The second kappa shape index (κ2) is 10.7. The molecule has 1 aliphatic rings. The number of rotatable bonds is 6. The van der Waals surface area contributed by atoms with Crippen LogP contribution >= 0.6 is 12.4 Å². The van der Waals surface area contributed by atoms with E-state index in [2.05, 4.69) is 21.9 Å². The zero-order chi connectivity index (χ0) is 14.1. The molecule has 2 amide bonds. The highest BCUT2D eigenvalue weighted by atomic mass is 35.5. The second-order valence-electron chi connectivity index (χ2n) is 4.75. The van der Waals surface area contributed by atoms with Crippen molar-refractivity contribution in [3.05, 3.63) is 0 Å². The Hall–Kier alpha value is -1.01. The number of piperazine rings is 1. The molecule has 20 heavy (non-hydrogen) atoms. The van der Waals surface area contributed by atoms with Gasteiger partial charge in [-0.15, -0.1) is 12.4 Å². The van der Waals surface area contributed by atoms with Crippen molar-refractivity contribution in [3.63, 3.8) is 0 Å². The molecule has 118 valence electrons. The van der Waals surface area contributed by atoms with Gasteiger partial charge in [0.25, 0.3) is 0 Å². The number of hydrogen-bond donors (Lipinski definition) is 1. The number of carbonyl (C=O) groups excluding carboxylic acids is 2. The summed E-state index contributed by atoms with van der Waals surface area (Å²) in [6.07, 6.45) is 2.35. The fourth-order valence-corrected chi connectivity index (χ4v) is 2.06. The van der Waals surface area contributed by atoms with Crippen LogP contribution in [0.1, 0.15) is 26.2 Å². The second-order valence-corrected chi connectivity index (χ2v) is 4.75. The van der Waals surface area contributed by atoms with Gasteiger partial charge in [0.2, 0.25) is 5.91 Å². The molecule has 7 heteroatoms. The zero-order valence-electron chi connectivity index (χ0n) is 12.4. The third-order valence-electron chi connectivity index (χ3n) is 3.31. The standard InChI is InChI=1S/C13H25N3O3.ClH/c1-3-4-5-12(17)14-6-7-15-8-10-16(11-9-15)13(18)19-2;/h3-11H2,1-2H3,(H,14,17);1H. The molecule has 0 aromatic heterocycles. The van der Waals surface area contributed by atoms with Gasteiger partial charge in [-0.2, -0.15) is 0 Å². The average Bonchev–Trinajstić information content (AvgIpc) is 2.45. The molecular weight excluding hydrogens is 282 g/mol. The molecule has 1 N–H and O–H groups in total. The van der Waals surface area contributed by atoms with E-state index >= 15 is 0 Å². The van der Waals surface area contributed by atoms with Gasteiger partial charge in [-0.25, -0.2) is 4.79 Å². The van der Waals surface area contributed by atoms with Crippen molar-refractivity contribution in [1.82, 2.24) is 15.1 Å². The van der Waals surface area contributed by atoms with Gasteiger partial charge in [0.1, 0.15) is 0 Å². The third kappa shape index (κ3) is 6.96. The summed E-state index contributed by atoms with van der Waals surface area (Å²) in [7, 11) is 1.40. The molecule has 1 rings (SSSR count). The minimum atomic E-state index is -0.257. The molecule has 0 unspecified atom stereocenters. The maximum atomic E-state index is 11.4. The monoisotopic (exact) mass is 307 g/mol. The highest BCUT2D eigenvalue weighted by Gasteiger charge is 2.20. The van der Waals surface area contributed by atoms with Crippen LogP contribution in [0.25, 0.3) is 0 Å². The number of carbonyl (C=O) groups is 2. The van der Waals surface area contributed by atoms with Crippen molar-refractivity contribution in [2.45, 2.75) is 26.2 Å². The molecule has 0 aromatic rings. The minimum Gasteiger partial charge on any atom is -0.453 e. The summed E-state index contributed by atoms with van der Waals surface area (Å²) >= 11 is 0. The number of hydrogen-bond acceptors (Lipinski definition) is 4. The Morgan fingerprint density at radius 3 is 2.40 bits per heavy atom. The molecule has 0 atom stereocenters. The summed E-state index contributed by atoms with van der Waals surface area (Å²) < 4.78 is 4.69. The van der Waals surface area contributed by atoms with E-state index in [1.54, 1.807) is 4.90 Å². The molecule has 6 nitrogen and oxygen atoms in total. The molecular formula is C13H26ClN3O3. The van der Waals surface area contributed by atoms with Gasteiger partial charge in [0.05, 0.1) is 7.11 Å². The summed E-state index contributed by atoms with van der Waals surface area (Å²) in [6, 6.07) is 0. The molecule has 0 saturated carbocycles. The summed E-state index contributed by atoms with van der Waals surface area (Å²) in [5, 5.41) is 2.92. The van der Waals surface area contributed by atoms with Gasteiger partial charge in [-0.1, -0.05) is 13.3 Å². The first kappa shape index (κ1) is 19.0. The lowest BCUT2D eigenvalue weighted by Crippen LogP contribution is -2.50. The van der Waals surface area contributed by atoms with Crippen LogP contribution in [0.15, 0.2) is 0 Å². The van der Waals surface area contributed by atoms with E-state index in [4.69, 9.17) is 0 Å². The van der Waals surface area contributed by atoms with Crippen molar-refractivity contribution in [1.29, 1.82) is 0 Å². The number of halogens is 1. The average molecular weight is 308 g/mol. The summed E-state index contributed by atoms with van der Waals surface area (Å²) in [6.45, 7) is 6.65. The molecule has 0 spiro atoms. The van der Waals surface area contributed by atoms with Gasteiger partial charge >= 0.3 is 6.09 Å². The topological polar surface area (TPSA) is 61.9 Å². The Labute approximate surface area is 127 Å².